The van der Waals surface area contributed by atoms with Crippen LogP contribution in [0.5, 0.6) is 0 Å². The quantitative estimate of drug-likeness (QED) is 0.447. The Hall–Kier alpha value is -2.69. The Morgan fingerprint density at radius 2 is 1.93 bits per heavy atom. The molecule has 150 valence electrons. The number of hydrogen-bond acceptors (Lipinski definition) is 7. The van der Waals surface area contributed by atoms with E-state index in [-0.39, 0.29) is 4.90 Å². The van der Waals surface area contributed by atoms with Crippen LogP contribution >= 0.6 is 11.8 Å². The number of thioether (sulfide) groups is 1. The summed E-state index contributed by atoms with van der Waals surface area (Å²) in [5, 5.41) is 10.0. The van der Waals surface area contributed by atoms with Gasteiger partial charge in [-0.25, -0.2) is 18.5 Å². The van der Waals surface area contributed by atoms with Crippen molar-refractivity contribution in [2.45, 2.75) is 35.7 Å². The second-order valence-electron chi connectivity index (χ2n) is 6.41. The van der Waals surface area contributed by atoms with Crippen molar-refractivity contribution in [3.8, 4) is 11.4 Å². The number of primary sulfonamides is 1. The van der Waals surface area contributed by atoms with E-state index in [4.69, 9.17) is 9.66 Å². The van der Waals surface area contributed by atoms with E-state index < -0.39 is 10.0 Å². The predicted octanol–water partition coefficient (Wildman–Crippen LogP) is 3.44. The SMILES string of the molecule is CCCn1c(SCc2nc(-c3ccccc3)no2)nc2cc(S(N)(=O)=O)ccc21. The minimum atomic E-state index is -3.78. The van der Waals surface area contributed by atoms with Crippen LogP contribution in [0, 0.1) is 0 Å². The molecule has 0 unspecified atom stereocenters. The van der Waals surface area contributed by atoms with Crippen molar-refractivity contribution < 1.29 is 12.9 Å². The zero-order valence-corrected chi connectivity index (χ0v) is 17.3. The highest BCUT2D eigenvalue weighted by atomic mass is 32.2. The lowest BCUT2D eigenvalue weighted by Crippen LogP contribution is -2.11. The fraction of sp³-hybridized carbons (Fsp3) is 0.211. The van der Waals surface area contributed by atoms with Gasteiger partial charge in [0.25, 0.3) is 0 Å². The second-order valence-corrected chi connectivity index (χ2v) is 8.91. The van der Waals surface area contributed by atoms with Gasteiger partial charge in [0, 0.05) is 12.1 Å². The third-order valence-electron chi connectivity index (χ3n) is 4.29. The van der Waals surface area contributed by atoms with E-state index in [0.29, 0.717) is 23.0 Å². The fourth-order valence-corrected chi connectivity index (χ4v) is 4.37. The minimum absolute atomic E-state index is 0.0482. The third kappa shape index (κ3) is 4.19. The molecular weight excluding hydrogens is 410 g/mol. The number of aromatic nitrogens is 4. The van der Waals surface area contributed by atoms with Crippen molar-refractivity contribution in [1.82, 2.24) is 19.7 Å². The van der Waals surface area contributed by atoms with Crippen LogP contribution in [0.1, 0.15) is 19.2 Å². The highest BCUT2D eigenvalue weighted by Gasteiger charge is 2.16. The van der Waals surface area contributed by atoms with Gasteiger partial charge in [0.05, 0.1) is 21.7 Å². The van der Waals surface area contributed by atoms with Gasteiger partial charge in [-0.05, 0) is 24.6 Å². The van der Waals surface area contributed by atoms with Crippen molar-refractivity contribution in [2.24, 2.45) is 5.14 Å². The lowest BCUT2D eigenvalue weighted by atomic mass is 10.2. The lowest BCUT2D eigenvalue weighted by molar-refractivity contribution is 0.391. The molecule has 0 aliphatic carbocycles. The number of nitrogens with two attached hydrogens (primary N) is 1. The first-order valence-corrected chi connectivity index (χ1v) is 11.5. The summed E-state index contributed by atoms with van der Waals surface area (Å²) in [5.41, 5.74) is 2.33. The monoisotopic (exact) mass is 429 g/mol. The van der Waals surface area contributed by atoms with Crippen LogP contribution in [0.15, 0.2) is 63.1 Å². The summed E-state index contributed by atoms with van der Waals surface area (Å²) in [7, 11) is -3.78. The summed E-state index contributed by atoms with van der Waals surface area (Å²) in [6.07, 6.45) is 0.911. The molecule has 0 aliphatic rings. The van der Waals surface area contributed by atoms with Crippen LogP contribution in [0.2, 0.25) is 0 Å². The van der Waals surface area contributed by atoms with Gasteiger partial charge in [-0.15, -0.1) is 0 Å². The summed E-state index contributed by atoms with van der Waals surface area (Å²) >= 11 is 1.46. The van der Waals surface area contributed by atoms with E-state index in [1.54, 1.807) is 6.07 Å². The molecule has 2 aromatic carbocycles. The van der Waals surface area contributed by atoms with Crippen LogP contribution in [-0.2, 0) is 22.3 Å². The zero-order valence-electron chi connectivity index (χ0n) is 15.6. The summed E-state index contributed by atoms with van der Waals surface area (Å²) in [5.74, 6) is 1.49. The molecule has 4 aromatic rings. The molecule has 29 heavy (non-hydrogen) atoms. The van der Waals surface area contributed by atoms with E-state index in [1.165, 1.54) is 23.9 Å². The first-order chi connectivity index (χ1) is 14.0. The lowest BCUT2D eigenvalue weighted by Gasteiger charge is -2.06. The van der Waals surface area contributed by atoms with E-state index in [2.05, 4.69) is 26.6 Å². The predicted molar refractivity (Wildman–Crippen MR) is 111 cm³/mol. The van der Waals surface area contributed by atoms with Gasteiger partial charge in [0.1, 0.15) is 0 Å². The second kappa shape index (κ2) is 7.97. The Labute approximate surface area is 172 Å². The Morgan fingerprint density at radius 1 is 1.14 bits per heavy atom. The molecule has 4 rings (SSSR count). The van der Waals surface area contributed by atoms with Crippen LogP contribution < -0.4 is 5.14 Å². The molecule has 0 bridgehead atoms. The van der Waals surface area contributed by atoms with E-state index >= 15 is 0 Å². The molecule has 2 N–H and O–H groups in total. The molecule has 0 amide bonds. The normalized spacial score (nSPS) is 11.9. The smallest absolute Gasteiger partial charge is 0.238 e. The average Bonchev–Trinajstić information content (AvgIpc) is 3.31. The number of rotatable bonds is 7. The summed E-state index contributed by atoms with van der Waals surface area (Å²) < 4.78 is 30.7. The van der Waals surface area contributed by atoms with Crippen LogP contribution in [0.25, 0.3) is 22.4 Å². The maximum Gasteiger partial charge on any atom is 0.238 e. The largest absolute Gasteiger partial charge is 0.338 e. The number of sulfonamides is 1. The van der Waals surface area contributed by atoms with Gasteiger partial charge in [-0.3, -0.25) is 0 Å². The molecule has 0 fully saturated rings. The molecule has 10 heteroatoms. The van der Waals surface area contributed by atoms with E-state index in [0.717, 1.165) is 29.2 Å². The number of aryl methyl sites for hydroxylation is 1. The number of hydrogen-bond donors (Lipinski definition) is 1. The molecule has 0 saturated heterocycles. The maximum absolute atomic E-state index is 11.6. The summed E-state index contributed by atoms with van der Waals surface area (Å²) in [4.78, 5) is 9.09. The molecule has 0 saturated carbocycles. The van der Waals surface area contributed by atoms with Gasteiger partial charge in [-0.1, -0.05) is 54.2 Å². The summed E-state index contributed by atoms with van der Waals surface area (Å²) in [6.45, 7) is 2.83. The highest BCUT2D eigenvalue weighted by molar-refractivity contribution is 7.98. The maximum atomic E-state index is 11.6. The van der Waals surface area contributed by atoms with Gasteiger partial charge in [0.15, 0.2) is 5.16 Å². The standard InChI is InChI=1S/C19H19N5O3S2/c1-2-10-24-16-9-8-14(29(20,25)26)11-15(16)21-19(24)28-12-17-22-18(23-27-17)13-6-4-3-5-7-13/h3-9,11H,2,10,12H2,1H3,(H2,20,25,26). The number of imidazole rings is 1. The molecule has 0 radical (unpaired) electrons. The number of fused-ring (bicyclic) bond motifs is 1. The first-order valence-electron chi connectivity index (χ1n) is 8.99. The van der Waals surface area contributed by atoms with Crippen molar-refractivity contribution in [3.05, 3.63) is 54.4 Å². The molecule has 0 aliphatic heterocycles. The molecule has 0 atom stereocenters. The van der Waals surface area contributed by atoms with Gasteiger partial charge >= 0.3 is 0 Å². The number of nitrogens with zero attached hydrogens (tertiary/aromatic N) is 4. The van der Waals surface area contributed by atoms with Gasteiger partial charge in [-0.2, -0.15) is 4.98 Å². The molecule has 2 heterocycles. The van der Waals surface area contributed by atoms with E-state index in [1.807, 2.05) is 30.3 Å². The Bertz CT molecular complexity index is 1250. The Balaban J connectivity index is 1.60. The van der Waals surface area contributed by atoms with E-state index in [9.17, 15) is 8.42 Å². The first kappa shape index (κ1) is 19.6. The van der Waals surface area contributed by atoms with Crippen molar-refractivity contribution in [2.75, 3.05) is 0 Å². The fourth-order valence-electron chi connectivity index (χ4n) is 2.96. The van der Waals surface area contributed by atoms with Gasteiger partial charge in [0.2, 0.25) is 21.7 Å². The number of benzene rings is 2. The Morgan fingerprint density at radius 3 is 2.66 bits per heavy atom. The molecule has 0 spiro atoms. The topological polar surface area (TPSA) is 117 Å². The van der Waals surface area contributed by atoms with Crippen molar-refractivity contribution in [3.63, 3.8) is 0 Å². The summed E-state index contributed by atoms with van der Waals surface area (Å²) in [6, 6.07) is 14.4. The van der Waals surface area contributed by atoms with Crippen LogP contribution in [-0.4, -0.2) is 28.1 Å². The minimum Gasteiger partial charge on any atom is -0.338 e. The highest BCUT2D eigenvalue weighted by Crippen LogP contribution is 2.28. The average molecular weight is 430 g/mol. The van der Waals surface area contributed by atoms with Crippen molar-refractivity contribution >= 4 is 32.8 Å². The van der Waals surface area contributed by atoms with Gasteiger partial charge < -0.3 is 9.09 Å². The van der Waals surface area contributed by atoms with Crippen LogP contribution in [0.3, 0.4) is 0 Å². The zero-order chi connectivity index (χ0) is 20.4. The molecule has 8 nitrogen and oxygen atoms in total. The van der Waals surface area contributed by atoms with Crippen LogP contribution in [0.4, 0.5) is 0 Å². The molecular formula is C19H19N5O3S2. The third-order valence-corrected chi connectivity index (χ3v) is 6.16. The van der Waals surface area contributed by atoms with Crippen molar-refractivity contribution in [1.29, 1.82) is 0 Å². The Kier molecular flexibility index (Phi) is 5.39. The molecule has 2 aromatic heterocycles.